The van der Waals surface area contributed by atoms with E-state index in [2.05, 4.69) is 21.0 Å². The van der Waals surface area contributed by atoms with Gasteiger partial charge in [-0.15, -0.1) is 0 Å². The highest BCUT2D eigenvalue weighted by atomic mass is 15.0. The van der Waals surface area contributed by atoms with Crippen LogP contribution in [0.2, 0.25) is 0 Å². The van der Waals surface area contributed by atoms with E-state index in [-0.39, 0.29) is 0 Å². The number of hydrogen-bond donors (Lipinski definition) is 2. The van der Waals surface area contributed by atoms with E-state index in [1.54, 1.807) is 6.20 Å². The maximum Gasteiger partial charge on any atom is 0.198 e. The summed E-state index contributed by atoms with van der Waals surface area (Å²) in [4.78, 5) is 11.4. The lowest BCUT2D eigenvalue weighted by molar-refractivity contribution is 1.06. The second-order valence-corrected chi connectivity index (χ2v) is 3.15. The fourth-order valence-electron chi connectivity index (χ4n) is 1.35. The lowest BCUT2D eigenvalue weighted by atomic mass is 10.1. The van der Waals surface area contributed by atoms with Crippen molar-refractivity contribution in [1.29, 1.82) is 0 Å². The van der Waals surface area contributed by atoms with Crippen LogP contribution in [-0.4, -0.2) is 15.7 Å². The molecule has 4 heteroatoms. The first-order chi connectivity index (χ1) is 6.25. The Hall–Kier alpha value is -1.58. The van der Waals surface area contributed by atoms with Gasteiger partial charge in [-0.3, -0.25) is 4.99 Å². The van der Waals surface area contributed by atoms with Crippen LogP contribution in [0.1, 0.15) is 25.5 Å². The molecule has 0 spiro atoms. The monoisotopic (exact) mass is 176 g/mol. The van der Waals surface area contributed by atoms with E-state index in [4.69, 9.17) is 5.73 Å². The van der Waals surface area contributed by atoms with E-state index >= 15 is 0 Å². The Bertz CT molecular complexity index is 373. The SMILES string of the molecule is CC1=NC(c2c[nH]c(N)n2)=CCC1. The number of aromatic amines is 1. The van der Waals surface area contributed by atoms with Crippen LogP contribution >= 0.6 is 0 Å². The summed E-state index contributed by atoms with van der Waals surface area (Å²) in [6.07, 6.45) is 5.95. The first kappa shape index (κ1) is 8.04. The molecule has 0 saturated carbocycles. The van der Waals surface area contributed by atoms with Gasteiger partial charge in [-0.05, 0) is 19.8 Å². The predicted octanol–water partition coefficient (Wildman–Crippen LogP) is 1.59. The van der Waals surface area contributed by atoms with Gasteiger partial charge in [-0.25, -0.2) is 4.98 Å². The van der Waals surface area contributed by atoms with Gasteiger partial charge in [0, 0.05) is 11.9 Å². The molecule has 0 atom stereocenters. The Kier molecular flexibility index (Phi) is 1.88. The molecule has 0 bridgehead atoms. The molecule has 1 aliphatic rings. The standard InChI is InChI=1S/C9H12N4/c1-6-3-2-4-7(12-6)8-5-11-9(10)13-8/h4-5H,2-3H2,1H3,(H3,10,11,13). The fraction of sp³-hybridized carbons (Fsp3) is 0.333. The van der Waals surface area contributed by atoms with Gasteiger partial charge in [0.25, 0.3) is 0 Å². The molecule has 1 aromatic rings. The van der Waals surface area contributed by atoms with E-state index in [1.807, 2.05) is 6.92 Å². The van der Waals surface area contributed by atoms with Crippen LogP contribution in [0.15, 0.2) is 17.3 Å². The van der Waals surface area contributed by atoms with E-state index in [0.717, 1.165) is 29.9 Å². The third kappa shape index (κ3) is 1.61. The van der Waals surface area contributed by atoms with Gasteiger partial charge >= 0.3 is 0 Å². The lowest BCUT2D eigenvalue weighted by Crippen LogP contribution is -1.97. The molecule has 2 heterocycles. The molecule has 3 N–H and O–H groups in total. The first-order valence-electron chi connectivity index (χ1n) is 4.31. The molecule has 0 amide bonds. The summed E-state index contributed by atoms with van der Waals surface area (Å²) in [5, 5.41) is 0. The van der Waals surface area contributed by atoms with Gasteiger partial charge in [0.15, 0.2) is 5.95 Å². The number of aromatic nitrogens is 2. The van der Waals surface area contributed by atoms with Crippen LogP contribution in [0.3, 0.4) is 0 Å². The number of hydrogen-bond acceptors (Lipinski definition) is 3. The molecule has 0 aromatic carbocycles. The van der Waals surface area contributed by atoms with E-state index < -0.39 is 0 Å². The Morgan fingerprint density at radius 2 is 2.38 bits per heavy atom. The van der Waals surface area contributed by atoms with Crippen molar-refractivity contribution < 1.29 is 0 Å². The summed E-state index contributed by atoms with van der Waals surface area (Å²) in [6, 6.07) is 0. The molecule has 68 valence electrons. The maximum atomic E-state index is 5.48. The molecule has 0 aliphatic carbocycles. The zero-order valence-electron chi connectivity index (χ0n) is 7.54. The molecule has 2 rings (SSSR count). The van der Waals surface area contributed by atoms with Crippen molar-refractivity contribution in [2.24, 2.45) is 4.99 Å². The summed E-state index contributed by atoms with van der Waals surface area (Å²) >= 11 is 0. The number of aliphatic imine (C=N–C) groups is 1. The topological polar surface area (TPSA) is 67.1 Å². The van der Waals surface area contributed by atoms with Crippen molar-refractivity contribution in [3.63, 3.8) is 0 Å². The highest BCUT2D eigenvalue weighted by Gasteiger charge is 2.08. The van der Waals surface area contributed by atoms with Crippen LogP contribution in [0.25, 0.3) is 5.70 Å². The number of imidazole rings is 1. The molecule has 0 radical (unpaired) electrons. The minimum atomic E-state index is 0.439. The predicted molar refractivity (Wildman–Crippen MR) is 53.3 cm³/mol. The van der Waals surface area contributed by atoms with Crippen LogP contribution < -0.4 is 5.73 Å². The third-order valence-electron chi connectivity index (χ3n) is 2.02. The van der Waals surface area contributed by atoms with Crippen molar-refractivity contribution >= 4 is 17.4 Å². The van der Waals surface area contributed by atoms with E-state index in [0.29, 0.717) is 5.95 Å². The van der Waals surface area contributed by atoms with Gasteiger partial charge in [0.2, 0.25) is 0 Å². The summed E-state index contributed by atoms with van der Waals surface area (Å²) in [5.41, 5.74) is 8.39. The number of nitrogens with zero attached hydrogens (tertiary/aromatic N) is 2. The zero-order chi connectivity index (χ0) is 9.26. The van der Waals surface area contributed by atoms with Gasteiger partial charge in [-0.2, -0.15) is 0 Å². The van der Waals surface area contributed by atoms with Crippen molar-refractivity contribution in [1.82, 2.24) is 9.97 Å². The summed E-state index contributed by atoms with van der Waals surface area (Å²) in [6.45, 7) is 2.03. The highest BCUT2D eigenvalue weighted by molar-refractivity contribution is 5.89. The summed E-state index contributed by atoms with van der Waals surface area (Å²) < 4.78 is 0. The number of allylic oxidation sites excluding steroid dienone is 1. The second-order valence-electron chi connectivity index (χ2n) is 3.15. The van der Waals surface area contributed by atoms with Gasteiger partial charge in [-0.1, -0.05) is 6.08 Å². The number of H-pyrrole nitrogens is 1. The normalized spacial score (nSPS) is 16.7. The number of nitrogens with two attached hydrogens (primary N) is 1. The van der Waals surface area contributed by atoms with Crippen molar-refractivity contribution in [3.8, 4) is 0 Å². The first-order valence-corrected chi connectivity index (χ1v) is 4.31. The van der Waals surface area contributed by atoms with Crippen LogP contribution in [0.4, 0.5) is 5.95 Å². The maximum absolute atomic E-state index is 5.48. The highest BCUT2D eigenvalue weighted by Crippen LogP contribution is 2.20. The molecule has 4 nitrogen and oxygen atoms in total. The average Bonchev–Trinajstić information content (AvgIpc) is 2.52. The largest absolute Gasteiger partial charge is 0.369 e. The molecule has 0 saturated heterocycles. The Labute approximate surface area is 76.6 Å². The minimum Gasteiger partial charge on any atom is -0.369 e. The van der Waals surface area contributed by atoms with Crippen molar-refractivity contribution in [2.45, 2.75) is 19.8 Å². The van der Waals surface area contributed by atoms with Gasteiger partial charge in [0.05, 0.1) is 5.70 Å². The Morgan fingerprint density at radius 3 is 3.00 bits per heavy atom. The number of nitrogen functional groups attached to an aromatic ring is 1. The lowest BCUT2D eigenvalue weighted by Gasteiger charge is -2.06. The van der Waals surface area contributed by atoms with Crippen LogP contribution in [0, 0.1) is 0 Å². The Balaban J connectivity index is 2.32. The minimum absolute atomic E-state index is 0.439. The number of nitrogens with one attached hydrogen (secondary N) is 1. The second kappa shape index (κ2) is 3.05. The summed E-state index contributed by atoms with van der Waals surface area (Å²) in [7, 11) is 0. The van der Waals surface area contributed by atoms with Gasteiger partial charge in [0.1, 0.15) is 5.69 Å². The van der Waals surface area contributed by atoms with Crippen molar-refractivity contribution in [2.75, 3.05) is 5.73 Å². The molecule has 0 unspecified atom stereocenters. The Morgan fingerprint density at radius 1 is 1.54 bits per heavy atom. The van der Waals surface area contributed by atoms with Crippen LogP contribution in [-0.2, 0) is 0 Å². The molecule has 13 heavy (non-hydrogen) atoms. The number of rotatable bonds is 1. The molecule has 1 aliphatic heterocycles. The molecule has 0 fully saturated rings. The number of anilines is 1. The smallest absolute Gasteiger partial charge is 0.198 e. The average molecular weight is 176 g/mol. The van der Waals surface area contributed by atoms with E-state index in [1.165, 1.54) is 0 Å². The van der Waals surface area contributed by atoms with Crippen molar-refractivity contribution in [3.05, 3.63) is 18.0 Å². The fourth-order valence-corrected chi connectivity index (χ4v) is 1.35. The van der Waals surface area contributed by atoms with Crippen LogP contribution in [0.5, 0.6) is 0 Å². The van der Waals surface area contributed by atoms with E-state index in [9.17, 15) is 0 Å². The summed E-state index contributed by atoms with van der Waals surface area (Å²) in [5.74, 6) is 0.439. The molecular formula is C9H12N4. The zero-order valence-corrected chi connectivity index (χ0v) is 7.54. The third-order valence-corrected chi connectivity index (χ3v) is 2.02. The van der Waals surface area contributed by atoms with Gasteiger partial charge < -0.3 is 10.7 Å². The molecule has 1 aromatic heterocycles. The quantitative estimate of drug-likeness (QED) is 0.682. The molecular weight excluding hydrogens is 164 g/mol.